The van der Waals surface area contributed by atoms with Crippen molar-refractivity contribution in [2.24, 2.45) is 0 Å². The molecule has 1 amide bonds. The maximum absolute atomic E-state index is 12.1. The number of hydrogen-bond acceptors (Lipinski definition) is 4. The molecule has 5 nitrogen and oxygen atoms in total. The van der Waals surface area contributed by atoms with E-state index in [9.17, 15) is 9.90 Å². The number of carbonyl (C=O) groups is 1. The Labute approximate surface area is 142 Å². The smallest absolute Gasteiger partial charge is 0.254 e. The van der Waals surface area contributed by atoms with E-state index in [1.165, 1.54) is 17.5 Å². The molecule has 0 aliphatic carbocycles. The molecular weight excluding hydrogens is 334 g/mol. The van der Waals surface area contributed by atoms with Gasteiger partial charge in [0.1, 0.15) is 0 Å². The van der Waals surface area contributed by atoms with Gasteiger partial charge in [-0.25, -0.2) is 4.68 Å². The maximum Gasteiger partial charge on any atom is 0.254 e. The van der Waals surface area contributed by atoms with E-state index in [0.717, 1.165) is 11.3 Å². The SMILES string of the molecule is O=C(NCC(O)c1ccsc1)c1cnn(-c2ccc(Cl)cc2)c1. The summed E-state index contributed by atoms with van der Waals surface area (Å²) in [5.41, 5.74) is 2.04. The van der Waals surface area contributed by atoms with Crippen LogP contribution in [0.15, 0.2) is 53.5 Å². The second-order valence-corrected chi connectivity index (χ2v) is 6.15. The molecule has 3 rings (SSSR count). The number of aliphatic hydroxyl groups excluding tert-OH is 1. The van der Waals surface area contributed by atoms with Crippen molar-refractivity contribution in [3.63, 3.8) is 0 Å². The normalized spacial score (nSPS) is 12.1. The fourth-order valence-electron chi connectivity index (χ4n) is 2.05. The predicted octanol–water partition coefficient (Wildman–Crippen LogP) is 3.05. The molecule has 2 heterocycles. The molecule has 3 aromatic rings. The number of nitrogens with zero attached hydrogens (tertiary/aromatic N) is 2. The number of amides is 1. The van der Waals surface area contributed by atoms with Crippen LogP contribution in [0.4, 0.5) is 0 Å². The van der Waals surface area contributed by atoms with Crippen molar-refractivity contribution < 1.29 is 9.90 Å². The molecule has 2 aromatic heterocycles. The molecular formula is C16H14ClN3O2S. The average molecular weight is 348 g/mol. The number of hydrogen-bond donors (Lipinski definition) is 2. The number of benzene rings is 1. The van der Waals surface area contributed by atoms with Gasteiger partial charge in [-0.1, -0.05) is 11.6 Å². The minimum atomic E-state index is -0.712. The van der Waals surface area contributed by atoms with Crippen LogP contribution in [0.3, 0.4) is 0 Å². The predicted molar refractivity (Wildman–Crippen MR) is 90.2 cm³/mol. The first kappa shape index (κ1) is 15.7. The molecule has 0 radical (unpaired) electrons. The van der Waals surface area contributed by atoms with Gasteiger partial charge in [-0.05, 0) is 46.7 Å². The Kier molecular flexibility index (Phi) is 4.76. The second kappa shape index (κ2) is 6.95. The first-order valence-corrected chi connectivity index (χ1v) is 8.24. The van der Waals surface area contributed by atoms with E-state index in [1.807, 2.05) is 29.0 Å². The van der Waals surface area contributed by atoms with Crippen LogP contribution >= 0.6 is 22.9 Å². The van der Waals surface area contributed by atoms with Gasteiger partial charge in [0.2, 0.25) is 0 Å². The molecule has 0 fully saturated rings. The van der Waals surface area contributed by atoms with Crippen LogP contribution in [0.2, 0.25) is 5.02 Å². The molecule has 1 unspecified atom stereocenters. The highest BCUT2D eigenvalue weighted by atomic mass is 35.5. The molecule has 0 bridgehead atoms. The van der Waals surface area contributed by atoms with Gasteiger partial charge in [0.15, 0.2) is 0 Å². The van der Waals surface area contributed by atoms with Crippen molar-refractivity contribution in [2.75, 3.05) is 6.54 Å². The molecule has 7 heteroatoms. The zero-order valence-electron chi connectivity index (χ0n) is 12.0. The Hall–Kier alpha value is -2.15. The van der Waals surface area contributed by atoms with Crippen molar-refractivity contribution in [3.8, 4) is 5.69 Å². The molecule has 0 aliphatic rings. The maximum atomic E-state index is 12.1. The lowest BCUT2D eigenvalue weighted by Gasteiger charge is -2.09. The van der Waals surface area contributed by atoms with E-state index in [1.54, 1.807) is 23.0 Å². The summed E-state index contributed by atoms with van der Waals surface area (Å²) in [5, 5.41) is 21.2. The van der Waals surface area contributed by atoms with Crippen molar-refractivity contribution in [3.05, 3.63) is 69.6 Å². The lowest BCUT2D eigenvalue weighted by Crippen LogP contribution is -2.27. The highest BCUT2D eigenvalue weighted by molar-refractivity contribution is 7.07. The molecule has 118 valence electrons. The van der Waals surface area contributed by atoms with E-state index < -0.39 is 6.10 Å². The Morgan fingerprint density at radius 1 is 1.35 bits per heavy atom. The zero-order valence-corrected chi connectivity index (χ0v) is 13.6. The molecule has 0 aliphatic heterocycles. The van der Waals surface area contributed by atoms with Crippen LogP contribution in [0.25, 0.3) is 5.69 Å². The largest absolute Gasteiger partial charge is 0.387 e. The molecule has 1 aromatic carbocycles. The van der Waals surface area contributed by atoms with Crippen molar-refractivity contribution in [2.45, 2.75) is 6.10 Å². The second-order valence-electron chi connectivity index (χ2n) is 4.93. The summed E-state index contributed by atoms with van der Waals surface area (Å²) in [5.74, 6) is -0.278. The summed E-state index contributed by atoms with van der Waals surface area (Å²) in [6.07, 6.45) is 2.41. The fourth-order valence-corrected chi connectivity index (χ4v) is 2.88. The average Bonchev–Trinajstić information content (AvgIpc) is 3.24. The Morgan fingerprint density at radius 3 is 2.83 bits per heavy atom. The van der Waals surface area contributed by atoms with Gasteiger partial charge in [-0.3, -0.25) is 4.79 Å². The first-order chi connectivity index (χ1) is 11.1. The Balaban J connectivity index is 1.63. The monoisotopic (exact) mass is 347 g/mol. The van der Waals surface area contributed by atoms with Crippen molar-refractivity contribution >= 4 is 28.8 Å². The summed E-state index contributed by atoms with van der Waals surface area (Å²) in [6.45, 7) is 0.154. The number of carbonyl (C=O) groups excluding carboxylic acids is 1. The van der Waals surface area contributed by atoms with Crippen LogP contribution in [0, 0.1) is 0 Å². The number of aromatic nitrogens is 2. The number of thiophene rings is 1. The molecule has 0 saturated heterocycles. The Morgan fingerprint density at radius 2 is 2.13 bits per heavy atom. The third-order valence-electron chi connectivity index (χ3n) is 3.32. The summed E-state index contributed by atoms with van der Waals surface area (Å²) < 4.78 is 1.60. The van der Waals surface area contributed by atoms with Gasteiger partial charge in [0, 0.05) is 17.8 Å². The van der Waals surface area contributed by atoms with E-state index >= 15 is 0 Å². The highest BCUT2D eigenvalue weighted by Crippen LogP contribution is 2.16. The third-order valence-corrected chi connectivity index (χ3v) is 4.27. The van der Waals surface area contributed by atoms with Gasteiger partial charge in [-0.2, -0.15) is 16.4 Å². The van der Waals surface area contributed by atoms with Crippen LogP contribution in [-0.4, -0.2) is 27.3 Å². The standard InChI is InChI=1S/C16H14ClN3O2S/c17-13-1-3-14(4-2-13)20-9-12(7-19-20)16(22)18-8-15(21)11-5-6-23-10-11/h1-7,9-10,15,21H,8H2,(H,18,22). The van der Waals surface area contributed by atoms with Gasteiger partial charge in [-0.15, -0.1) is 0 Å². The quantitative estimate of drug-likeness (QED) is 0.745. The first-order valence-electron chi connectivity index (χ1n) is 6.92. The zero-order chi connectivity index (χ0) is 16.2. The summed E-state index contributed by atoms with van der Waals surface area (Å²) >= 11 is 7.36. The number of aliphatic hydroxyl groups is 1. The summed E-state index contributed by atoms with van der Waals surface area (Å²) in [6, 6.07) is 8.99. The summed E-state index contributed by atoms with van der Waals surface area (Å²) in [4.78, 5) is 12.1. The third kappa shape index (κ3) is 3.79. The van der Waals surface area contributed by atoms with E-state index in [4.69, 9.17) is 11.6 Å². The molecule has 23 heavy (non-hydrogen) atoms. The minimum absolute atomic E-state index is 0.154. The van der Waals surface area contributed by atoms with E-state index in [2.05, 4.69) is 10.4 Å². The van der Waals surface area contributed by atoms with Gasteiger partial charge >= 0.3 is 0 Å². The van der Waals surface area contributed by atoms with Gasteiger partial charge in [0.25, 0.3) is 5.91 Å². The molecule has 1 atom stereocenters. The van der Waals surface area contributed by atoms with Crippen LogP contribution in [0.5, 0.6) is 0 Å². The van der Waals surface area contributed by atoms with Crippen LogP contribution in [0.1, 0.15) is 22.0 Å². The number of halogens is 1. The van der Waals surface area contributed by atoms with Crippen LogP contribution < -0.4 is 5.32 Å². The molecule has 2 N–H and O–H groups in total. The van der Waals surface area contributed by atoms with Crippen LogP contribution in [-0.2, 0) is 0 Å². The lowest BCUT2D eigenvalue weighted by molar-refractivity contribution is 0.0916. The van der Waals surface area contributed by atoms with Gasteiger partial charge < -0.3 is 10.4 Å². The number of rotatable bonds is 5. The Bertz CT molecular complexity index is 784. The van der Waals surface area contributed by atoms with Gasteiger partial charge in [0.05, 0.1) is 23.6 Å². The summed E-state index contributed by atoms with van der Waals surface area (Å²) in [7, 11) is 0. The van der Waals surface area contributed by atoms with E-state index in [-0.39, 0.29) is 12.5 Å². The lowest BCUT2D eigenvalue weighted by atomic mass is 10.2. The molecule has 0 saturated carbocycles. The topological polar surface area (TPSA) is 67.2 Å². The minimum Gasteiger partial charge on any atom is -0.387 e. The fraction of sp³-hybridized carbons (Fsp3) is 0.125. The molecule has 0 spiro atoms. The highest BCUT2D eigenvalue weighted by Gasteiger charge is 2.13. The van der Waals surface area contributed by atoms with Crippen molar-refractivity contribution in [1.82, 2.24) is 15.1 Å². The number of nitrogens with one attached hydrogen (secondary N) is 1. The van der Waals surface area contributed by atoms with Crippen molar-refractivity contribution in [1.29, 1.82) is 0 Å². The van der Waals surface area contributed by atoms with E-state index in [0.29, 0.717) is 10.6 Å².